The van der Waals surface area contributed by atoms with Crippen LogP contribution in [-0.4, -0.2) is 238 Å². The molecule has 0 aliphatic carbocycles. The van der Waals surface area contributed by atoms with Gasteiger partial charge in [-0.2, -0.15) is 0 Å². The molecular weight excluding hydrogens is 1170 g/mol. The molecule has 0 aromatic heterocycles. The Kier molecular flexibility index (Phi) is 35.2. The number of carboxylic acids is 3. The Morgan fingerprint density at radius 1 is 0.640 bits per heavy atom. The molecule has 2 fully saturated rings. The average Bonchev–Trinajstić information content (AvgIpc) is 1.13. The second-order valence-corrected chi connectivity index (χ2v) is 17.7. The second-order valence-electron chi connectivity index (χ2n) is 17.7. The smallest absolute Gasteiger partial charge is 0.320 e. The molecule has 2 aromatic rings. The van der Waals surface area contributed by atoms with E-state index in [4.69, 9.17) is 43.7 Å². The summed E-state index contributed by atoms with van der Waals surface area (Å²) in [5.74, 6) is -4.04. The first-order valence-corrected chi connectivity index (χ1v) is 25.0. The molecule has 86 heavy (non-hydrogen) atoms. The number of carbonyl (C=O) groups is 4. The molecule has 40 nitrogen and oxygen atoms in total. The number of carbonyl (C=O) groups excluding carboxylic acids is 1. The van der Waals surface area contributed by atoms with Crippen LogP contribution < -0.4 is 10.6 Å². The molecule has 0 spiro atoms. The van der Waals surface area contributed by atoms with Crippen molar-refractivity contribution in [2.24, 2.45) is 0 Å². The van der Waals surface area contributed by atoms with Gasteiger partial charge in [0.15, 0.2) is 18.3 Å². The molecule has 2 aromatic carbocycles. The van der Waals surface area contributed by atoms with E-state index in [0.717, 1.165) is 17.0 Å². The fourth-order valence-corrected chi connectivity index (χ4v) is 7.97. The zero-order valence-electron chi connectivity index (χ0n) is 46.0. The van der Waals surface area contributed by atoms with Gasteiger partial charge >= 0.3 is 29.3 Å². The first-order chi connectivity index (χ1) is 39.9. The van der Waals surface area contributed by atoms with Crippen LogP contribution in [0.2, 0.25) is 0 Å². The molecule has 1 amide bonds. The largest absolute Gasteiger partial charge is 0.480 e. The van der Waals surface area contributed by atoms with Crippen LogP contribution in [-0.2, 0) is 54.0 Å². The third-order valence-electron chi connectivity index (χ3n) is 11.8. The van der Waals surface area contributed by atoms with Crippen LogP contribution >= 0.6 is 0 Å². The Morgan fingerprint density at radius 2 is 1.08 bits per heavy atom. The number of amides is 1. The number of methoxy groups -OCH3 is 2. The quantitative estimate of drug-likeness (QED) is 0.0278. The van der Waals surface area contributed by atoms with Crippen molar-refractivity contribution in [3.05, 3.63) is 90.5 Å². The summed E-state index contributed by atoms with van der Waals surface area (Å²) in [4.78, 5) is 104. The Hall–Kier alpha value is -8.00. The van der Waals surface area contributed by atoms with Crippen LogP contribution in [0.1, 0.15) is 59.4 Å². The van der Waals surface area contributed by atoms with Gasteiger partial charge in [0.05, 0.1) is 86.7 Å². The minimum atomic E-state index is -1.56. The first kappa shape index (κ1) is 78.0. The van der Waals surface area contributed by atoms with Crippen molar-refractivity contribution in [2.45, 2.75) is 128 Å². The van der Waals surface area contributed by atoms with Gasteiger partial charge in [-0.25, -0.2) is 0 Å². The number of hydrogen-bond acceptors (Lipinski definition) is 30. The zero-order chi connectivity index (χ0) is 65.0. The SMILES string of the molecule is C.CC(=O)NCCCCC(C(=O)O)N(CC(=O)O)CC(=O)O.CCCc1c([N+](=O)[O-])cc([N+](=O)[O-])cc1[N+](=O)[O-].CCOCCNc1c([N+](=O)[O-])cc([N+](=O)[O-])cc1[N+](=O)[O-].COC1OC(CO)C(OC2OC(CO)C(OC)C(O)C2O)C(O)C1O. The van der Waals surface area contributed by atoms with E-state index in [1.165, 1.54) is 21.1 Å². The van der Waals surface area contributed by atoms with Crippen molar-refractivity contribution < 1.29 is 123 Å². The molecule has 11 atom stereocenters. The van der Waals surface area contributed by atoms with Gasteiger partial charge in [0.25, 0.3) is 22.7 Å². The van der Waals surface area contributed by atoms with Crippen LogP contribution in [0, 0.1) is 60.7 Å². The third kappa shape index (κ3) is 24.2. The lowest BCUT2D eigenvalue weighted by atomic mass is 9.97. The fraction of sp³-hybridized carbons (Fsp3) is 0.652. The van der Waals surface area contributed by atoms with E-state index in [-0.39, 0.29) is 50.6 Å². The number of aliphatic hydroxyl groups excluding tert-OH is 6. The maximum atomic E-state index is 11.2. The van der Waals surface area contributed by atoms with Crippen LogP contribution in [0.4, 0.5) is 39.8 Å². The van der Waals surface area contributed by atoms with Gasteiger partial charge in [-0.05, 0) is 32.6 Å². The van der Waals surface area contributed by atoms with Crippen molar-refractivity contribution in [1.29, 1.82) is 0 Å². The summed E-state index contributed by atoms with van der Waals surface area (Å²) in [5, 5.41) is 156. The number of nitrogens with one attached hydrogen (secondary N) is 2. The number of nitrogens with zero attached hydrogens (tertiary/aromatic N) is 7. The minimum absolute atomic E-state index is 0. The molecule has 486 valence electrons. The predicted molar refractivity (Wildman–Crippen MR) is 288 cm³/mol. The molecular formula is C46H71N9O31. The molecule has 2 heterocycles. The van der Waals surface area contributed by atoms with E-state index < -0.39 is 175 Å². The summed E-state index contributed by atoms with van der Waals surface area (Å²) >= 11 is 0. The van der Waals surface area contributed by atoms with Crippen LogP contribution in [0.3, 0.4) is 0 Å². The zero-order valence-corrected chi connectivity index (χ0v) is 46.0. The van der Waals surface area contributed by atoms with Crippen molar-refractivity contribution in [3.8, 4) is 0 Å². The maximum absolute atomic E-state index is 11.2. The monoisotopic (exact) mass is 1250 g/mol. The lowest BCUT2D eigenvalue weighted by Gasteiger charge is -2.46. The van der Waals surface area contributed by atoms with E-state index in [2.05, 4.69) is 10.6 Å². The van der Waals surface area contributed by atoms with Gasteiger partial charge < -0.3 is 85.0 Å². The molecule has 11 N–H and O–H groups in total. The number of aliphatic carboxylic acids is 3. The Balaban J connectivity index is 0.00000112. The van der Waals surface area contributed by atoms with Gasteiger partial charge in [-0.1, -0.05) is 20.8 Å². The lowest BCUT2D eigenvalue weighted by molar-refractivity contribution is -0.404. The summed E-state index contributed by atoms with van der Waals surface area (Å²) in [5.41, 5.74) is -4.47. The second kappa shape index (κ2) is 38.8. The molecule has 0 radical (unpaired) electrons. The van der Waals surface area contributed by atoms with Crippen LogP contribution in [0.5, 0.6) is 0 Å². The number of nitro groups is 6. The predicted octanol–water partition coefficient (Wildman–Crippen LogP) is -0.0124. The Bertz CT molecular complexity index is 2510. The molecule has 2 saturated heterocycles. The highest BCUT2D eigenvalue weighted by Gasteiger charge is 2.51. The number of unbranched alkanes of at least 4 members (excludes halogenated alkanes) is 1. The number of rotatable bonds is 30. The van der Waals surface area contributed by atoms with Crippen molar-refractivity contribution >= 4 is 63.6 Å². The van der Waals surface area contributed by atoms with Gasteiger partial charge in [0, 0.05) is 40.8 Å². The van der Waals surface area contributed by atoms with Crippen molar-refractivity contribution in [1.82, 2.24) is 10.2 Å². The van der Waals surface area contributed by atoms with Crippen LogP contribution in [0.15, 0.2) is 24.3 Å². The topological polar surface area (TPSA) is 592 Å². The number of aliphatic hydroxyl groups is 6. The van der Waals surface area contributed by atoms with E-state index in [0.29, 0.717) is 44.5 Å². The van der Waals surface area contributed by atoms with E-state index >= 15 is 0 Å². The number of benzene rings is 2. The lowest BCUT2D eigenvalue weighted by Crippen LogP contribution is -2.64. The normalized spacial score (nSPS) is 21.6. The van der Waals surface area contributed by atoms with Gasteiger partial charge in [0.1, 0.15) is 60.4 Å². The number of nitro benzene ring substituents is 6. The number of non-ortho nitro benzene ring substituents is 2. The highest BCUT2D eigenvalue weighted by Crippen LogP contribution is 2.39. The van der Waals surface area contributed by atoms with E-state index in [1.54, 1.807) is 13.8 Å². The van der Waals surface area contributed by atoms with Gasteiger partial charge in [0.2, 0.25) is 5.91 Å². The molecule has 0 saturated carbocycles. The average molecular weight is 1250 g/mol. The molecule has 0 bridgehead atoms. The van der Waals surface area contributed by atoms with E-state index in [1.807, 2.05) is 0 Å². The third-order valence-corrected chi connectivity index (χ3v) is 11.8. The standard InChI is InChI=1S/C14H26O11.C12H20N2O7.C10H12N4O7.C9H9N3O6.CH4/c1-21-11-5(3-15)24-14(10(20)7(11)17)25-12-6(4-16)23-13(22-2)9(19)8(12)18;1-8(15)13-5-3-2-4-9(12(20)21)14(6-10(16)17)7-11(18)19;1-2-21-4-3-11-10-8(13(17)18)5-7(12(15)16)6-9(10)14(19)20;1-2-3-7-8(11(15)16)4-6(10(13)14)5-9(7)12(17)18;/h5-20H,3-4H2,1-2H3;9H,2-7H2,1H3,(H,13,15)(H,16,17)(H,18,19)(H,20,21);5-6,11H,2-4H2,1H3;4-5H,2-3H2,1H3;1H4. The van der Waals surface area contributed by atoms with Gasteiger partial charge in [-0.15, -0.1) is 0 Å². The summed E-state index contributed by atoms with van der Waals surface area (Å²) in [7, 11) is 2.55. The molecule has 4 rings (SSSR count). The summed E-state index contributed by atoms with van der Waals surface area (Å²) < 4.78 is 31.0. The molecule has 2 aliphatic heterocycles. The van der Waals surface area contributed by atoms with Gasteiger partial charge in [-0.3, -0.25) is 84.8 Å². The number of carboxylic acid groups (broad SMARTS) is 3. The minimum Gasteiger partial charge on any atom is -0.480 e. The van der Waals surface area contributed by atoms with Crippen molar-refractivity contribution in [2.75, 3.05) is 72.1 Å². The molecule has 40 heteroatoms. The highest BCUT2D eigenvalue weighted by atomic mass is 16.7. The maximum Gasteiger partial charge on any atom is 0.320 e. The number of ether oxygens (including phenoxy) is 6. The summed E-state index contributed by atoms with van der Waals surface area (Å²) in [6.45, 7) is 3.51. The fourth-order valence-electron chi connectivity index (χ4n) is 7.97. The molecule has 2 aliphatic rings. The Labute approximate surface area is 486 Å². The first-order valence-electron chi connectivity index (χ1n) is 25.0. The van der Waals surface area contributed by atoms with Crippen LogP contribution in [0.25, 0.3) is 0 Å². The summed E-state index contributed by atoms with van der Waals surface area (Å²) in [6, 6.07) is 1.66. The Morgan fingerprint density at radius 3 is 1.47 bits per heavy atom. The van der Waals surface area contributed by atoms with E-state index in [9.17, 15) is 111 Å². The highest BCUT2D eigenvalue weighted by molar-refractivity contribution is 5.78. The number of hydrogen-bond donors (Lipinski definition) is 11. The summed E-state index contributed by atoms with van der Waals surface area (Å²) in [6.07, 6.45) is -11.3. The molecule has 11 unspecified atom stereocenters. The number of anilines is 1. The van der Waals surface area contributed by atoms with Crippen molar-refractivity contribution in [3.63, 3.8) is 0 Å².